The molecular formula is C24H25NO3. The first-order valence-electron chi connectivity index (χ1n) is 9.49. The Labute approximate surface area is 166 Å². The highest BCUT2D eigenvalue weighted by Gasteiger charge is 2.11. The fraction of sp³-hybridized carbons (Fsp3) is 0.208. The van der Waals surface area contributed by atoms with Crippen LogP contribution in [-0.2, 0) is 6.61 Å². The van der Waals surface area contributed by atoms with Gasteiger partial charge in [-0.1, -0.05) is 55.5 Å². The number of ether oxygens (including phenoxy) is 2. The molecule has 144 valence electrons. The maximum atomic E-state index is 12.7. The molecule has 0 fully saturated rings. The second-order valence-electron chi connectivity index (χ2n) is 6.59. The van der Waals surface area contributed by atoms with E-state index in [2.05, 4.69) is 12.2 Å². The van der Waals surface area contributed by atoms with Crippen LogP contribution in [0.5, 0.6) is 11.5 Å². The minimum Gasteiger partial charge on any atom is -0.491 e. The average molecular weight is 375 g/mol. The van der Waals surface area contributed by atoms with E-state index >= 15 is 0 Å². The van der Waals surface area contributed by atoms with E-state index in [4.69, 9.17) is 9.47 Å². The van der Waals surface area contributed by atoms with Gasteiger partial charge in [-0.15, -0.1) is 0 Å². The first kappa shape index (κ1) is 19.5. The third-order valence-electron chi connectivity index (χ3n) is 4.38. The summed E-state index contributed by atoms with van der Waals surface area (Å²) in [6, 6.07) is 24.6. The Hall–Kier alpha value is -3.27. The number of para-hydroxylation sites is 2. The van der Waals surface area contributed by atoms with Gasteiger partial charge in [0.05, 0.1) is 11.8 Å². The molecule has 0 aromatic heterocycles. The van der Waals surface area contributed by atoms with Gasteiger partial charge in [0.1, 0.15) is 18.1 Å². The third-order valence-corrected chi connectivity index (χ3v) is 4.38. The third kappa shape index (κ3) is 5.36. The zero-order chi connectivity index (χ0) is 19.8. The molecule has 4 heteroatoms. The molecule has 4 nitrogen and oxygen atoms in total. The van der Waals surface area contributed by atoms with Crippen molar-refractivity contribution in [1.82, 2.24) is 0 Å². The molecular weight excluding hydrogens is 350 g/mol. The van der Waals surface area contributed by atoms with Crippen LogP contribution >= 0.6 is 0 Å². The quantitative estimate of drug-likeness (QED) is 0.550. The van der Waals surface area contributed by atoms with Crippen molar-refractivity contribution in [1.29, 1.82) is 0 Å². The van der Waals surface area contributed by atoms with Gasteiger partial charge in [-0.05, 0) is 49.2 Å². The van der Waals surface area contributed by atoms with Crippen LogP contribution in [0.15, 0.2) is 78.9 Å². The molecule has 0 heterocycles. The number of amides is 1. The lowest BCUT2D eigenvalue weighted by atomic mass is 10.2. The van der Waals surface area contributed by atoms with Crippen molar-refractivity contribution in [3.8, 4) is 11.5 Å². The lowest BCUT2D eigenvalue weighted by molar-refractivity contribution is 0.102. The van der Waals surface area contributed by atoms with E-state index in [-0.39, 0.29) is 12.0 Å². The van der Waals surface area contributed by atoms with Crippen LogP contribution in [0.4, 0.5) is 5.69 Å². The van der Waals surface area contributed by atoms with Gasteiger partial charge in [0.2, 0.25) is 0 Å². The van der Waals surface area contributed by atoms with Crippen LogP contribution in [0, 0.1) is 0 Å². The van der Waals surface area contributed by atoms with Crippen LogP contribution in [0.2, 0.25) is 0 Å². The molecule has 0 aliphatic carbocycles. The maximum Gasteiger partial charge on any atom is 0.255 e. The monoisotopic (exact) mass is 375 g/mol. The van der Waals surface area contributed by atoms with Crippen LogP contribution in [-0.4, -0.2) is 12.0 Å². The van der Waals surface area contributed by atoms with Crippen LogP contribution in [0.25, 0.3) is 0 Å². The standard InChI is InChI=1S/C24H25NO3/c1-3-18(2)28-21-13-9-12-20(16-21)24(26)25-22-14-7-8-15-23(22)27-17-19-10-5-4-6-11-19/h4-16,18H,3,17H2,1-2H3,(H,25,26). The Morgan fingerprint density at radius 2 is 1.71 bits per heavy atom. The molecule has 3 rings (SSSR count). The summed E-state index contributed by atoms with van der Waals surface area (Å²) in [6.07, 6.45) is 1.01. The second-order valence-corrected chi connectivity index (χ2v) is 6.59. The van der Waals surface area contributed by atoms with Crippen molar-refractivity contribution in [2.24, 2.45) is 0 Å². The van der Waals surface area contributed by atoms with Gasteiger partial charge in [0.15, 0.2) is 0 Å². The predicted molar refractivity (Wildman–Crippen MR) is 112 cm³/mol. The van der Waals surface area contributed by atoms with Gasteiger partial charge in [-0.25, -0.2) is 0 Å². The van der Waals surface area contributed by atoms with E-state index in [1.165, 1.54) is 0 Å². The summed E-state index contributed by atoms with van der Waals surface area (Å²) in [7, 11) is 0. The summed E-state index contributed by atoms with van der Waals surface area (Å²) >= 11 is 0. The first-order valence-corrected chi connectivity index (χ1v) is 9.49. The number of carbonyl (C=O) groups is 1. The summed E-state index contributed by atoms with van der Waals surface area (Å²) in [5.41, 5.74) is 2.24. The van der Waals surface area contributed by atoms with Crippen molar-refractivity contribution < 1.29 is 14.3 Å². The van der Waals surface area contributed by atoms with Crippen LogP contribution in [0.3, 0.4) is 0 Å². The number of anilines is 1. The lowest BCUT2D eigenvalue weighted by Crippen LogP contribution is -2.14. The van der Waals surface area contributed by atoms with Crippen molar-refractivity contribution in [2.75, 3.05) is 5.32 Å². The molecule has 0 radical (unpaired) electrons. The average Bonchev–Trinajstić information content (AvgIpc) is 2.74. The van der Waals surface area contributed by atoms with Gasteiger partial charge >= 0.3 is 0 Å². The van der Waals surface area contributed by atoms with Crippen molar-refractivity contribution in [3.63, 3.8) is 0 Å². The summed E-state index contributed by atoms with van der Waals surface area (Å²) in [6.45, 7) is 4.51. The van der Waals surface area contributed by atoms with Gasteiger partial charge in [-0.2, -0.15) is 0 Å². The van der Waals surface area contributed by atoms with Crippen molar-refractivity contribution >= 4 is 11.6 Å². The normalized spacial score (nSPS) is 11.5. The highest BCUT2D eigenvalue weighted by atomic mass is 16.5. The zero-order valence-corrected chi connectivity index (χ0v) is 16.2. The molecule has 1 amide bonds. The molecule has 0 aliphatic rings. The molecule has 1 unspecified atom stereocenters. The van der Waals surface area contributed by atoms with E-state index < -0.39 is 0 Å². The fourth-order valence-corrected chi connectivity index (χ4v) is 2.65. The SMILES string of the molecule is CCC(C)Oc1cccc(C(=O)Nc2ccccc2OCc2ccccc2)c1. The zero-order valence-electron chi connectivity index (χ0n) is 16.2. The molecule has 0 aliphatic heterocycles. The minimum absolute atomic E-state index is 0.102. The van der Waals surface area contributed by atoms with E-state index in [0.29, 0.717) is 29.4 Å². The van der Waals surface area contributed by atoms with Crippen molar-refractivity contribution in [3.05, 3.63) is 90.0 Å². The van der Waals surface area contributed by atoms with Crippen LogP contribution < -0.4 is 14.8 Å². The summed E-state index contributed by atoms with van der Waals surface area (Å²) in [5.74, 6) is 1.12. The smallest absolute Gasteiger partial charge is 0.255 e. The Morgan fingerprint density at radius 1 is 0.964 bits per heavy atom. The molecule has 0 spiro atoms. The number of carbonyl (C=O) groups excluding carboxylic acids is 1. The highest BCUT2D eigenvalue weighted by molar-refractivity contribution is 6.05. The van der Waals surface area contributed by atoms with Gasteiger partial charge in [0, 0.05) is 5.56 Å². The maximum absolute atomic E-state index is 12.7. The number of benzene rings is 3. The number of hydrogen-bond acceptors (Lipinski definition) is 3. The molecule has 28 heavy (non-hydrogen) atoms. The molecule has 0 saturated carbocycles. The molecule has 3 aromatic rings. The predicted octanol–water partition coefficient (Wildman–Crippen LogP) is 5.70. The Kier molecular flexibility index (Phi) is 6.68. The number of nitrogens with one attached hydrogen (secondary N) is 1. The first-order chi connectivity index (χ1) is 13.7. The molecule has 1 N–H and O–H groups in total. The number of rotatable bonds is 8. The molecule has 0 bridgehead atoms. The van der Waals surface area contributed by atoms with E-state index in [1.54, 1.807) is 12.1 Å². The van der Waals surface area contributed by atoms with E-state index in [0.717, 1.165) is 12.0 Å². The Bertz CT molecular complexity index is 908. The van der Waals surface area contributed by atoms with Crippen molar-refractivity contribution in [2.45, 2.75) is 33.0 Å². The number of hydrogen-bond donors (Lipinski definition) is 1. The summed E-state index contributed by atoms with van der Waals surface area (Å²) in [5, 5.41) is 2.94. The molecule has 3 aromatic carbocycles. The molecule has 1 atom stereocenters. The van der Waals surface area contributed by atoms with Gasteiger partial charge in [0.25, 0.3) is 5.91 Å². The van der Waals surface area contributed by atoms with Gasteiger partial charge < -0.3 is 14.8 Å². The second kappa shape index (κ2) is 9.60. The Balaban J connectivity index is 1.70. The summed E-state index contributed by atoms with van der Waals surface area (Å²) < 4.78 is 11.7. The highest BCUT2D eigenvalue weighted by Crippen LogP contribution is 2.26. The van der Waals surface area contributed by atoms with E-state index in [9.17, 15) is 4.79 Å². The fourth-order valence-electron chi connectivity index (χ4n) is 2.65. The minimum atomic E-state index is -0.203. The largest absolute Gasteiger partial charge is 0.491 e. The molecule has 0 saturated heterocycles. The van der Waals surface area contributed by atoms with Crippen LogP contribution in [0.1, 0.15) is 36.2 Å². The van der Waals surface area contributed by atoms with Gasteiger partial charge in [-0.3, -0.25) is 4.79 Å². The Morgan fingerprint density at radius 3 is 2.50 bits per heavy atom. The summed E-state index contributed by atoms with van der Waals surface area (Å²) in [4.78, 5) is 12.7. The van der Waals surface area contributed by atoms with E-state index in [1.807, 2.05) is 73.7 Å². The lowest BCUT2D eigenvalue weighted by Gasteiger charge is -2.14. The topological polar surface area (TPSA) is 47.6 Å².